The van der Waals surface area contributed by atoms with E-state index in [2.05, 4.69) is 20.2 Å². The largest absolute Gasteiger partial charge is 0.356 e. The summed E-state index contributed by atoms with van der Waals surface area (Å²) < 4.78 is 0. The lowest BCUT2D eigenvalue weighted by Crippen LogP contribution is -2.30. The molecule has 0 unspecified atom stereocenters. The molecule has 1 aliphatic heterocycles. The third kappa shape index (κ3) is 3.22. The second-order valence-corrected chi connectivity index (χ2v) is 7.28. The molecule has 0 bridgehead atoms. The van der Waals surface area contributed by atoms with E-state index in [9.17, 15) is 4.79 Å². The van der Waals surface area contributed by atoms with Gasteiger partial charge in [-0.15, -0.1) is 11.3 Å². The number of nitrogens with one attached hydrogen (secondary N) is 1. The lowest BCUT2D eigenvalue weighted by atomic mass is 10.1. The lowest BCUT2D eigenvalue weighted by Gasteiger charge is -2.28. The van der Waals surface area contributed by atoms with Crippen LogP contribution in [0.1, 0.15) is 34.5 Å². The number of aryl methyl sites for hydroxylation is 1. The van der Waals surface area contributed by atoms with Crippen molar-refractivity contribution in [3.63, 3.8) is 0 Å². The third-order valence-electron chi connectivity index (χ3n) is 4.60. The highest BCUT2D eigenvalue weighted by Crippen LogP contribution is 2.28. The summed E-state index contributed by atoms with van der Waals surface area (Å²) in [6.07, 6.45) is 5.32. The normalized spacial score (nSPS) is 14.7. The molecule has 0 saturated carbocycles. The number of aromatic nitrogens is 2. The van der Waals surface area contributed by atoms with E-state index in [1.165, 1.54) is 30.6 Å². The van der Waals surface area contributed by atoms with Crippen LogP contribution >= 0.6 is 11.3 Å². The molecule has 0 aliphatic carbocycles. The zero-order chi connectivity index (χ0) is 17.2. The number of anilines is 2. The van der Waals surface area contributed by atoms with Crippen LogP contribution in [-0.2, 0) is 0 Å². The predicted octanol–water partition coefficient (Wildman–Crippen LogP) is 4.24. The van der Waals surface area contributed by atoms with Crippen molar-refractivity contribution in [1.82, 2.24) is 9.97 Å². The second-order valence-electron chi connectivity index (χ2n) is 6.36. The van der Waals surface area contributed by atoms with E-state index < -0.39 is 0 Å². The Balaban J connectivity index is 1.62. The Bertz CT molecular complexity index is 915. The molecule has 1 saturated heterocycles. The van der Waals surface area contributed by atoms with Gasteiger partial charge in [0.05, 0.1) is 10.4 Å². The van der Waals surface area contributed by atoms with Gasteiger partial charge in [0.1, 0.15) is 12.1 Å². The van der Waals surface area contributed by atoms with Gasteiger partial charge in [-0.3, -0.25) is 4.79 Å². The molecule has 2 aromatic heterocycles. The molecule has 0 atom stereocenters. The minimum Gasteiger partial charge on any atom is -0.356 e. The van der Waals surface area contributed by atoms with Gasteiger partial charge in [-0.2, -0.15) is 0 Å². The van der Waals surface area contributed by atoms with E-state index in [4.69, 9.17) is 0 Å². The second kappa shape index (κ2) is 6.80. The third-order valence-corrected chi connectivity index (χ3v) is 5.61. The molecule has 0 spiro atoms. The van der Waals surface area contributed by atoms with Crippen molar-refractivity contribution in [3.05, 3.63) is 46.4 Å². The molecule has 25 heavy (non-hydrogen) atoms. The van der Waals surface area contributed by atoms with E-state index in [0.717, 1.165) is 45.9 Å². The number of amides is 1. The van der Waals surface area contributed by atoms with Crippen LogP contribution in [0.5, 0.6) is 0 Å². The van der Waals surface area contributed by atoms with Crippen molar-refractivity contribution in [2.75, 3.05) is 23.3 Å². The summed E-state index contributed by atoms with van der Waals surface area (Å²) in [4.78, 5) is 24.4. The summed E-state index contributed by atoms with van der Waals surface area (Å²) in [6.45, 7) is 4.04. The Labute approximate surface area is 150 Å². The fourth-order valence-corrected chi connectivity index (χ4v) is 4.09. The number of piperidine rings is 1. The number of hydrogen-bond acceptors (Lipinski definition) is 5. The van der Waals surface area contributed by atoms with Crippen molar-refractivity contribution < 1.29 is 4.79 Å². The molecule has 128 valence electrons. The van der Waals surface area contributed by atoms with E-state index in [0.29, 0.717) is 0 Å². The zero-order valence-corrected chi connectivity index (χ0v) is 15.0. The molecular weight excluding hydrogens is 332 g/mol. The molecule has 3 heterocycles. The van der Waals surface area contributed by atoms with Crippen molar-refractivity contribution >= 4 is 39.7 Å². The highest BCUT2D eigenvalue weighted by Gasteiger charge is 2.16. The summed E-state index contributed by atoms with van der Waals surface area (Å²) in [6, 6.07) is 7.82. The summed E-state index contributed by atoms with van der Waals surface area (Å²) >= 11 is 1.46. The molecule has 1 amide bonds. The van der Waals surface area contributed by atoms with Gasteiger partial charge >= 0.3 is 0 Å². The first-order valence-electron chi connectivity index (χ1n) is 8.57. The van der Waals surface area contributed by atoms with Gasteiger partial charge in [0, 0.05) is 24.2 Å². The Morgan fingerprint density at radius 3 is 2.76 bits per heavy atom. The maximum absolute atomic E-state index is 12.4. The van der Waals surface area contributed by atoms with Crippen molar-refractivity contribution in [3.8, 4) is 0 Å². The van der Waals surface area contributed by atoms with Crippen LogP contribution in [0.25, 0.3) is 10.9 Å². The molecule has 0 radical (unpaired) electrons. The van der Waals surface area contributed by atoms with Crippen LogP contribution in [0.4, 0.5) is 11.5 Å². The molecule has 3 aromatic rings. The number of rotatable bonds is 3. The highest BCUT2D eigenvalue weighted by atomic mass is 32.1. The number of carbonyl (C=O) groups is 1. The molecule has 5 nitrogen and oxygen atoms in total. The SMILES string of the molecule is Cc1ccsc1C(=O)Nc1ccc2c(N3CCCCC3)ncnc2c1. The number of nitrogens with zero attached hydrogens (tertiary/aromatic N) is 3. The molecule has 1 N–H and O–H groups in total. The monoisotopic (exact) mass is 352 g/mol. The fraction of sp³-hybridized carbons (Fsp3) is 0.316. The first-order valence-corrected chi connectivity index (χ1v) is 9.45. The number of fused-ring (bicyclic) bond motifs is 1. The van der Waals surface area contributed by atoms with Crippen molar-refractivity contribution in [2.24, 2.45) is 0 Å². The zero-order valence-electron chi connectivity index (χ0n) is 14.2. The topological polar surface area (TPSA) is 58.1 Å². The fourth-order valence-electron chi connectivity index (χ4n) is 3.27. The van der Waals surface area contributed by atoms with Gasteiger partial charge in [-0.25, -0.2) is 9.97 Å². The first kappa shape index (κ1) is 16.0. The molecule has 1 aromatic carbocycles. The summed E-state index contributed by atoms with van der Waals surface area (Å²) in [7, 11) is 0. The van der Waals surface area contributed by atoms with E-state index in [1.54, 1.807) is 6.33 Å². The van der Waals surface area contributed by atoms with Gasteiger partial charge < -0.3 is 10.2 Å². The van der Waals surface area contributed by atoms with Gasteiger partial charge in [-0.05, 0) is 61.4 Å². The smallest absolute Gasteiger partial charge is 0.265 e. The molecule has 4 rings (SSSR count). The quantitative estimate of drug-likeness (QED) is 0.766. The van der Waals surface area contributed by atoms with Crippen LogP contribution in [0.3, 0.4) is 0 Å². The lowest BCUT2D eigenvalue weighted by molar-refractivity contribution is 0.103. The number of carbonyl (C=O) groups excluding carboxylic acids is 1. The average Bonchev–Trinajstić information content (AvgIpc) is 3.08. The highest BCUT2D eigenvalue weighted by molar-refractivity contribution is 7.12. The average molecular weight is 352 g/mol. The van der Waals surface area contributed by atoms with Gasteiger partial charge in [0.2, 0.25) is 0 Å². The number of benzene rings is 1. The summed E-state index contributed by atoms with van der Waals surface area (Å²) in [5, 5.41) is 5.94. The van der Waals surface area contributed by atoms with Crippen LogP contribution in [-0.4, -0.2) is 29.0 Å². The molecule has 1 aliphatic rings. The van der Waals surface area contributed by atoms with Gasteiger partial charge in [-0.1, -0.05) is 0 Å². The Morgan fingerprint density at radius 2 is 2.00 bits per heavy atom. The van der Waals surface area contributed by atoms with Crippen LogP contribution in [0, 0.1) is 6.92 Å². The standard InChI is InChI=1S/C19H20N4OS/c1-13-7-10-25-17(13)19(24)22-14-5-6-15-16(11-14)20-12-21-18(15)23-8-3-2-4-9-23/h5-7,10-12H,2-4,8-9H2,1H3,(H,22,24). The van der Waals surface area contributed by atoms with Crippen molar-refractivity contribution in [1.29, 1.82) is 0 Å². The molecule has 6 heteroatoms. The minimum atomic E-state index is -0.0721. The van der Waals surface area contributed by atoms with Gasteiger partial charge in [0.15, 0.2) is 0 Å². The maximum Gasteiger partial charge on any atom is 0.265 e. The Hall–Kier alpha value is -2.47. The van der Waals surface area contributed by atoms with Crippen LogP contribution < -0.4 is 10.2 Å². The predicted molar refractivity (Wildman–Crippen MR) is 103 cm³/mol. The number of thiophene rings is 1. The van der Waals surface area contributed by atoms with Crippen LogP contribution in [0.15, 0.2) is 36.0 Å². The Kier molecular flexibility index (Phi) is 4.36. The van der Waals surface area contributed by atoms with Gasteiger partial charge in [0.25, 0.3) is 5.91 Å². The van der Waals surface area contributed by atoms with Crippen molar-refractivity contribution in [2.45, 2.75) is 26.2 Å². The van der Waals surface area contributed by atoms with E-state index in [1.807, 2.05) is 36.6 Å². The molecular formula is C19H20N4OS. The van der Waals surface area contributed by atoms with Crippen LogP contribution in [0.2, 0.25) is 0 Å². The minimum absolute atomic E-state index is 0.0721. The summed E-state index contributed by atoms with van der Waals surface area (Å²) in [5.74, 6) is 0.925. The number of hydrogen-bond donors (Lipinski definition) is 1. The van der Waals surface area contributed by atoms with E-state index in [-0.39, 0.29) is 5.91 Å². The molecule has 1 fully saturated rings. The van der Waals surface area contributed by atoms with E-state index >= 15 is 0 Å². The maximum atomic E-state index is 12.4. The Morgan fingerprint density at radius 1 is 1.16 bits per heavy atom. The summed E-state index contributed by atoms with van der Waals surface area (Å²) in [5.41, 5.74) is 2.61. The first-order chi connectivity index (χ1) is 12.2.